The van der Waals surface area contributed by atoms with Gasteiger partial charge >= 0.3 is 0 Å². The third-order valence-electron chi connectivity index (χ3n) is 5.31. The van der Waals surface area contributed by atoms with Gasteiger partial charge in [0.15, 0.2) is 0 Å². The predicted molar refractivity (Wildman–Crippen MR) is 89.5 cm³/mol. The highest BCUT2D eigenvalue weighted by molar-refractivity contribution is 5.29. The molecule has 24 heavy (non-hydrogen) atoms. The first kappa shape index (κ1) is 15.8. The normalized spacial score (nSPS) is 29.4. The van der Waals surface area contributed by atoms with Crippen LogP contribution >= 0.6 is 0 Å². The maximum absolute atomic E-state index is 14.4. The quantitative estimate of drug-likeness (QED) is 0.922. The van der Waals surface area contributed by atoms with E-state index in [9.17, 15) is 4.39 Å². The van der Waals surface area contributed by atoms with Gasteiger partial charge in [-0.25, -0.2) is 4.39 Å². The van der Waals surface area contributed by atoms with E-state index < -0.39 is 5.54 Å². The van der Waals surface area contributed by atoms with Crippen LogP contribution < -0.4 is 5.48 Å². The van der Waals surface area contributed by atoms with E-state index in [-0.39, 0.29) is 17.8 Å². The number of halogens is 1. The summed E-state index contributed by atoms with van der Waals surface area (Å²) in [6.07, 6.45) is 2.78. The van der Waals surface area contributed by atoms with Gasteiger partial charge in [-0.1, -0.05) is 48.5 Å². The van der Waals surface area contributed by atoms with E-state index in [1.165, 1.54) is 6.07 Å². The van der Waals surface area contributed by atoms with E-state index in [0.29, 0.717) is 18.8 Å². The largest absolute Gasteiger partial charge is 0.373 e. The van der Waals surface area contributed by atoms with Crippen molar-refractivity contribution in [2.45, 2.75) is 37.5 Å². The van der Waals surface area contributed by atoms with Crippen LogP contribution in [-0.2, 0) is 21.7 Å². The SMILES string of the molecule is Fc1ccccc1[C@]12C[C@H](OCc3ccccc3)CC[C@H]1CON2. The molecule has 1 aliphatic heterocycles. The molecule has 1 heterocycles. The molecule has 0 unspecified atom stereocenters. The third kappa shape index (κ3) is 2.86. The van der Waals surface area contributed by atoms with Gasteiger partial charge in [-0.05, 0) is 30.9 Å². The minimum atomic E-state index is -0.481. The lowest BCUT2D eigenvalue weighted by atomic mass is 9.69. The van der Waals surface area contributed by atoms with E-state index in [2.05, 4.69) is 17.6 Å². The Bertz CT molecular complexity index is 693. The Morgan fingerprint density at radius 1 is 1.08 bits per heavy atom. The lowest BCUT2D eigenvalue weighted by Gasteiger charge is -2.41. The van der Waals surface area contributed by atoms with Gasteiger partial charge in [-0.15, -0.1) is 0 Å². The zero-order valence-electron chi connectivity index (χ0n) is 13.6. The van der Waals surface area contributed by atoms with Crippen molar-refractivity contribution in [2.75, 3.05) is 6.61 Å². The minimum Gasteiger partial charge on any atom is -0.373 e. The van der Waals surface area contributed by atoms with Gasteiger partial charge in [0.25, 0.3) is 0 Å². The Hall–Kier alpha value is -1.75. The standard InChI is InChI=1S/C20H22FNO2/c21-19-9-5-4-8-18(19)20-12-17(11-10-16(20)14-24-22-20)23-13-15-6-2-1-3-7-15/h1-9,16-17,22H,10-14H2/t16-,17+,20-/m0/s1. The van der Waals surface area contributed by atoms with Gasteiger partial charge in [0, 0.05) is 11.5 Å². The molecule has 0 bridgehead atoms. The van der Waals surface area contributed by atoms with Gasteiger partial charge in [0.2, 0.25) is 0 Å². The summed E-state index contributed by atoms with van der Waals surface area (Å²) in [5, 5.41) is 0. The first-order valence-electron chi connectivity index (χ1n) is 8.57. The molecule has 2 aliphatic rings. The lowest BCUT2D eigenvalue weighted by molar-refractivity contribution is -0.0327. The number of rotatable bonds is 4. The Labute approximate surface area is 141 Å². The maximum Gasteiger partial charge on any atom is 0.128 e. The van der Waals surface area contributed by atoms with Gasteiger partial charge in [0.05, 0.1) is 24.9 Å². The van der Waals surface area contributed by atoms with Gasteiger partial charge in [0.1, 0.15) is 5.82 Å². The molecule has 0 spiro atoms. The Balaban J connectivity index is 1.53. The molecular weight excluding hydrogens is 305 g/mol. The fourth-order valence-electron chi connectivity index (χ4n) is 4.02. The fourth-order valence-corrected chi connectivity index (χ4v) is 4.02. The summed E-state index contributed by atoms with van der Waals surface area (Å²) in [6.45, 7) is 1.21. The molecular formula is C20H22FNO2. The molecule has 2 aromatic rings. The van der Waals surface area contributed by atoms with Crippen molar-refractivity contribution in [3.63, 3.8) is 0 Å². The van der Waals surface area contributed by atoms with Gasteiger partial charge < -0.3 is 9.57 Å². The number of hydroxylamine groups is 1. The van der Waals surface area contributed by atoms with Crippen molar-refractivity contribution in [1.82, 2.24) is 5.48 Å². The van der Waals surface area contributed by atoms with E-state index >= 15 is 0 Å². The van der Waals surface area contributed by atoms with E-state index in [1.807, 2.05) is 30.3 Å². The molecule has 126 valence electrons. The van der Waals surface area contributed by atoms with Crippen LogP contribution in [0.1, 0.15) is 30.4 Å². The summed E-state index contributed by atoms with van der Waals surface area (Å²) >= 11 is 0. The number of benzene rings is 2. The highest BCUT2D eigenvalue weighted by Gasteiger charge is 2.50. The molecule has 2 fully saturated rings. The average Bonchev–Trinajstić information content (AvgIpc) is 3.05. The molecule has 1 N–H and O–H groups in total. The first-order chi connectivity index (χ1) is 11.8. The molecule has 1 saturated heterocycles. The van der Waals surface area contributed by atoms with Crippen molar-refractivity contribution in [2.24, 2.45) is 5.92 Å². The van der Waals surface area contributed by atoms with Crippen molar-refractivity contribution in [3.05, 3.63) is 71.5 Å². The third-order valence-corrected chi connectivity index (χ3v) is 5.31. The second-order valence-electron chi connectivity index (χ2n) is 6.76. The monoisotopic (exact) mass is 327 g/mol. The summed E-state index contributed by atoms with van der Waals surface area (Å²) in [5.41, 5.74) is 4.51. The Morgan fingerprint density at radius 2 is 1.88 bits per heavy atom. The van der Waals surface area contributed by atoms with Crippen LogP contribution in [0.25, 0.3) is 0 Å². The number of ether oxygens (including phenoxy) is 1. The molecule has 3 nitrogen and oxygen atoms in total. The summed E-state index contributed by atoms with van der Waals surface area (Å²) in [5.74, 6) is 0.107. The molecule has 0 radical (unpaired) electrons. The second kappa shape index (κ2) is 6.63. The smallest absolute Gasteiger partial charge is 0.128 e. The molecule has 1 saturated carbocycles. The van der Waals surface area contributed by atoms with Crippen molar-refractivity contribution in [1.29, 1.82) is 0 Å². The zero-order valence-corrected chi connectivity index (χ0v) is 13.6. The Kier molecular flexibility index (Phi) is 4.35. The minimum absolute atomic E-state index is 0.0928. The molecule has 4 rings (SSSR count). The molecule has 1 aliphatic carbocycles. The summed E-state index contributed by atoms with van der Waals surface area (Å²) < 4.78 is 20.6. The number of fused-ring (bicyclic) bond motifs is 1. The summed E-state index contributed by atoms with van der Waals surface area (Å²) in [7, 11) is 0. The Morgan fingerprint density at radius 3 is 2.71 bits per heavy atom. The topological polar surface area (TPSA) is 30.5 Å². The fraction of sp³-hybridized carbons (Fsp3) is 0.400. The van der Waals surface area contributed by atoms with Crippen LogP contribution in [0.5, 0.6) is 0 Å². The van der Waals surface area contributed by atoms with Crippen LogP contribution in [0.15, 0.2) is 54.6 Å². The van der Waals surface area contributed by atoms with Crippen LogP contribution in [0.3, 0.4) is 0 Å². The van der Waals surface area contributed by atoms with Crippen molar-refractivity contribution in [3.8, 4) is 0 Å². The zero-order chi connectivity index (χ0) is 16.4. The summed E-state index contributed by atoms with van der Waals surface area (Å²) in [4.78, 5) is 5.54. The number of nitrogens with one attached hydrogen (secondary N) is 1. The van der Waals surface area contributed by atoms with Crippen LogP contribution in [-0.4, -0.2) is 12.7 Å². The maximum atomic E-state index is 14.4. The average molecular weight is 327 g/mol. The molecule has 2 aromatic carbocycles. The highest BCUT2D eigenvalue weighted by atomic mass is 19.1. The number of hydrogen-bond acceptors (Lipinski definition) is 3. The van der Waals surface area contributed by atoms with E-state index in [0.717, 1.165) is 24.8 Å². The second-order valence-corrected chi connectivity index (χ2v) is 6.76. The summed E-state index contributed by atoms with van der Waals surface area (Å²) in [6, 6.07) is 17.2. The molecule has 3 atom stereocenters. The lowest BCUT2D eigenvalue weighted by Crippen LogP contribution is -2.48. The molecule has 4 heteroatoms. The van der Waals surface area contributed by atoms with E-state index in [4.69, 9.17) is 9.57 Å². The van der Waals surface area contributed by atoms with Crippen LogP contribution in [0, 0.1) is 11.7 Å². The van der Waals surface area contributed by atoms with Crippen molar-refractivity contribution < 1.29 is 14.0 Å². The van der Waals surface area contributed by atoms with Crippen LogP contribution in [0.4, 0.5) is 4.39 Å². The number of hydrogen-bond donors (Lipinski definition) is 1. The van der Waals surface area contributed by atoms with Crippen molar-refractivity contribution >= 4 is 0 Å². The van der Waals surface area contributed by atoms with E-state index in [1.54, 1.807) is 6.07 Å². The highest BCUT2D eigenvalue weighted by Crippen LogP contribution is 2.46. The van der Waals surface area contributed by atoms with Gasteiger partial charge in [-0.3, -0.25) is 0 Å². The molecule has 0 amide bonds. The van der Waals surface area contributed by atoms with Crippen LogP contribution in [0.2, 0.25) is 0 Å². The van der Waals surface area contributed by atoms with Gasteiger partial charge in [-0.2, -0.15) is 5.48 Å². The first-order valence-corrected chi connectivity index (χ1v) is 8.57. The molecule has 0 aromatic heterocycles. The predicted octanol–water partition coefficient (Wildman–Crippen LogP) is 3.94.